The van der Waals surface area contributed by atoms with E-state index in [4.69, 9.17) is 23.2 Å². The molecule has 0 radical (unpaired) electrons. The molecule has 0 aliphatic carbocycles. The zero-order valence-electron chi connectivity index (χ0n) is 10.0. The lowest BCUT2D eigenvalue weighted by Crippen LogP contribution is -2.10. The molecule has 0 aliphatic heterocycles. The second-order valence-electron chi connectivity index (χ2n) is 4.11. The lowest BCUT2D eigenvalue weighted by atomic mass is 10.3. The van der Waals surface area contributed by atoms with Crippen LogP contribution >= 0.6 is 23.2 Å². The highest BCUT2D eigenvalue weighted by Crippen LogP contribution is 2.21. The number of alkyl halides is 1. The smallest absolute Gasteiger partial charge is 0.124 e. The number of aryl methyl sites for hydroxylation is 2. The largest absolute Gasteiger partial charge is 0.325 e. The summed E-state index contributed by atoms with van der Waals surface area (Å²) in [6, 6.07) is 5.64. The Morgan fingerprint density at radius 3 is 2.84 bits per heavy atom. The van der Waals surface area contributed by atoms with Gasteiger partial charge in [-0.15, -0.1) is 16.7 Å². The molecule has 19 heavy (non-hydrogen) atoms. The van der Waals surface area contributed by atoms with Crippen molar-refractivity contribution in [3.63, 3.8) is 0 Å². The molecule has 5 nitrogen and oxygen atoms in total. The molecule has 2 aromatic heterocycles. The SMILES string of the molecule is ClCc1nc2ccc(Cl)cc2n1CCn1ccnn1. The van der Waals surface area contributed by atoms with Crippen molar-refractivity contribution in [3.05, 3.63) is 41.4 Å². The second kappa shape index (κ2) is 5.19. The maximum absolute atomic E-state index is 6.04. The predicted molar refractivity (Wildman–Crippen MR) is 74.3 cm³/mol. The van der Waals surface area contributed by atoms with Crippen LogP contribution in [0, 0.1) is 0 Å². The summed E-state index contributed by atoms with van der Waals surface area (Å²) in [4.78, 5) is 4.50. The van der Waals surface area contributed by atoms with E-state index >= 15 is 0 Å². The van der Waals surface area contributed by atoms with Crippen LogP contribution in [0.4, 0.5) is 0 Å². The van der Waals surface area contributed by atoms with Gasteiger partial charge in [0.2, 0.25) is 0 Å². The van der Waals surface area contributed by atoms with Gasteiger partial charge in [-0.2, -0.15) is 0 Å². The normalized spacial score (nSPS) is 11.3. The highest BCUT2D eigenvalue weighted by atomic mass is 35.5. The summed E-state index contributed by atoms with van der Waals surface area (Å²) in [7, 11) is 0. The molecule has 98 valence electrons. The van der Waals surface area contributed by atoms with Gasteiger partial charge in [0, 0.05) is 17.8 Å². The molecule has 0 N–H and O–H groups in total. The van der Waals surface area contributed by atoms with Gasteiger partial charge in [0.15, 0.2) is 0 Å². The highest BCUT2D eigenvalue weighted by Gasteiger charge is 2.10. The number of benzene rings is 1. The van der Waals surface area contributed by atoms with Crippen LogP contribution in [0.25, 0.3) is 11.0 Å². The summed E-state index contributed by atoms with van der Waals surface area (Å²) >= 11 is 12.0. The Balaban J connectivity index is 1.97. The third-order valence-corrected chi connectivity index (χ3v) is 3.41. The molecule has 0 saturated carbocycles. The fraction of sp³-hybridized carbons (Fsp3) is 0.250. The summed E-state index contributed by atoms with van der Waals surface area (Å²) in [5, 5.41) is 8.42. The molecular weight excluding hydrogens is 285 g/mol. The molecule has 0 atom stereocenters. The van der Waals surface area contributed by atoms with Crippen LogP contribution in [0.3, 0.4) is 0 Å². The molecule has 7 heteroatoms. The first kappa shape index (κ1) is 12.4. The zero-order chi connectivity index (χ0) is 13.2. The molecule has 0 aliphatic rings. The van der Waals surface area contributed by atoms with Gasteiger partial charge < -0.3 is 4.57 Å². The first-order valence-corrected chi connectivity index (χ1v) is 6.74. The van der Waals surface area contributed by atoms with Crippen molar-refractivity contribution in [1.29, 1.82) is 0 Å². The monoisotopic (exact) mass is 295 g/mol. The average Bonchev–Trinajstić information content (AvgIpc) is 3.03. The third-order valence-electron chi connectivity index (χ3n) is 2.93. The molecule has 0 spiro atoms. The van der Waals surface area contributed by atoms with Crippen molar-refractivity contribution < 1.29 is 0 Å². The van der Waals surface area contributed by atoms with Crippen molar-refractivity contribution in [2.75, 3.05) is 0 Å². The maximum atomic E-state index is 6.04. The Bertz CT molecular complexity index is 690. The summed E-state index contributed by atoms with van der Waals surface area (Å²) in [6.07, 6.45) is 3.48. The first-order chi connectivity index (χ1) is 9.28. The van der Waals surface area contributed by atoms with Gasteiger partial charge in [0.1, 0.15) is 5.82 Å². The number of rotatable bonds is 4. The van der Waals surface area contributed by atoms with Crippen molar-refractivity contribution in [2.24, 2.45) is 0 Å². The average molecular weight is 296 g/mol. The Hall–Kier alpha value is -1.59. The Labute approximate surface area is 119 Å². The Morgan fingerprint density at radius 2 is 2.11 bits per heavy atom. The molecule has 2 heterocycles. The van der Waals surface area contributed by atoms with E-state index < -0.39 is 0 Å². The van der Waals surface area contributed by atoms with Gasteiger partial charge in [-0.25, -0.2) is 4.98 Å². The van der Waals surface area contributed by atoms with Gasteiger partial charge in [0.25, 0.3) is 0 Å². The van der Waals surface area contributed by atoms with Crippen molar-refractivity contribution in [2.45, 2.75) is 19.0 Å². The van der Waals surface area contributed by atoms with E-state index in [0.717, 1.165) is 23.4 Å². The quantitative estimate of drug-likeness (QED) is 0.695. The van der Waals surface area contributed by atoms with Crippen LogP contribution in [0.1, 0.15) is 5.82 Å². The number of aromatic nitrogens is 5. The van der Waals surface area contributed by atoms with E-state index in [2.05, 4.69) is 19.9 Å². The van der Waals surface area contributed by atoms with Crippen molar-refractivity contribution >= 4 is 34.2 Å². The minimum atomic E-state index is 0.365. The summed E-state index contributed by atoms with van der Waals surface area (Å²) in [5.41, 5.74) is 1.89. The van der Waals surface area contributed by atoms with Crippen LogP contribution in [0.5, 0.6) is 0 Å². The predicted octanol–water partition coefficient (Wildman–Crippen LogP) is 2.72. The van der Waals surface area contributed by atoms with Gasteiger partial charge in [-0.3, -0.25) is 4.68 Å². The van der Waals surface area contributed by atoms with Gasteiger partial charge >= 0.3 is 0 Å². The molecule has 3 aromatic rings. The van der Waals surface area contributed by atoms with Crippen LogP contribution in [0.2, 0.25) is 5.02 Å². The van der Waals surface area contributed by atoms with Crippen LogP contribution in [-0.2, 0) is 19.0 Å². The Morgan fingerprint density at radius 1 is 1.21 bits per heavy atom. The number of halogens is 2. The lowest BCUT2D eigenvalue weighted by molar-refractivity contribution is 0.519. The molecular formula is C12H11Cl2N5. The highest BCUT2D eigenvalue weighted by molar-refractivity contribution is 6.31. The fourth-order valence-electron chi connectivity index (χ4n) is 2.05. The summed E-state index contributed by atoms with van der Waals surface area (Å²) < 4.78 is 3.84. The molecule has 0 saturated heterocycles. The van der Waals surface area contributed by atoms with Crippen molar-refractivity contribution in [1.82, 2.24) is 24.5 Å². The van der Waals surface area contributed by atoms with E-state index in [0.29, 0.717) is 17.4 Å². The van der Waals surface area contributed by atoms with E-state index in [1.165, 1.54) is 0 Å². The van der Waals surface area contributed by atoms with Crippen LogP contribution in [-0.4, -0.2) is 24.5 Å². The van der Waals surface area contributed by atoms with Gasteiger partial charge in [-0.1, -0.05) is 16.8 Å². The molecule has 0 unspecified atom stereocenters. The number of nitrogens with zero attached hydrogens (tertiary/aromatic N) is 5. The van der Waals surface area contributed by atoms with Gasteiger partial charge in [-0.05, 0) is 18.2 Å². The number of hydrogen-bond donors (Lipinski definition) is 0. The topological polar surface area (TPSA) is 48.5 Å². The third kappa shape index (κ3) is 2.43. The maximum Gasteiger partial charge on any atom is 0.124 e. The molecule has 0 amide bonds. The zero-order valence-corrected chi connectivity index (χ0v) is 11.5. The lowest BCUT2D eigenvalue weighted by Gasteiger charge is -2.07. The number of imidazole rings is 1. The van der Waals surface area contributed by atoms with Crippen molar-refractivity contribution in [3.8, 4) is 0 Å². The fourth-order valence-corrected chi connectivity index (χ4v) is 2.42. The van der Waals surface area contributed by atoms with E-state index in [-0.39, 0.29) is 0 Å². The number of hydrogen-bond acceptors (Lipinski definition) is 3. The molecule has 0 fully saturated rings. The van der Waals surface area contributed by atoms with E-state index in [1.54, 1.807) is 10.9 Å². The molecule has 0 bridgehead atoms. The minimum Gasteiger partial charge on any atom is -0.325 e. The summed E-state index contributed by atoms with van der Waals surface area (Å²) in [6.45, 7) is 1.43. The summed E-state index contributed by atoms with van der Waals surface area (Å²) in [5.74, 6) is 1.20. The minimum absolute atomic E-state index is 0.365. The van der Waals surface area contributed by atoms with Gasteiger partial charge in [0.05, 0.1) is 29.7 Å². The first-order valence-electron chi connectivity index (χ1n) is 5.82. The van der Waals surface area contributed by atoms with E-state index in [9.17, 15) is 0 Å². The van der Waals surface area contributed by atoms with E-state index in [1.807, 2.05) is 24.4 Å². The Kier molecular flexibility index (Phi) is 3.40. The standard InChI is InChI=1S/C12H11Cl2N5/c13-8-12-16-10-2-1-9(14)7-11(10)19(12)6-5-18-4-3-15-17-18/h1-4,7H,5-6,8H2. The van der Waals surface area contributed by atoms with Crippen LogP contribution in [0.15, 0.2) is 30.6 Å². The second-order valence-corrected chi connectivity index (χ2v) is 4.82. The molecule has 3 rings (SSSR count). The number of fused-ring (bicyclic) bond motifs is 1. The van der Waals surface area contributed by atoms with Crippen LogP contribution < -0.4 is 0 Å². The molecule has 1 aromatic carbocycles.